The topological polar surface area (TPSA) is 30.7 Å². The number of para-hydroxylation sites is 1. The Morgan fingerprint density at radius 1 is 0.559 bits per heavy atom. The fourth-order valence-corrected chi connectivity index (χ4v) is 6.59. The van der Waals surface area contributed by atoms with Gasteiger partial charge in [0.2, 0.25) is 0 Å². The molecule has 0 unspecified atom stereocenters. The quantitative estimate of drug-likeness (QED) is 0.251. The molecule has 158 valence electrons. The number of pyridine rings is 2. The average molecular weight is 452 g/mol. The van der Waals surface area contributed by atoms with Crippen LogP contribution in [0.3, 0.4) is 0 Å². The van der Waals surface area contributed by atoms with Crippen molar-refractivity contribution in [3.63, 3.8) is 0 Å². The number of fused-ring (bicyclic) bond motifs is 10. The summed E-state index contributed by atoms with van der Waals surface area (Å²) in [7, 11) is 0. The second-order valence-electron chi connectivity index (χ2n) is 8.66. The van der Waals surface area contributed by atoms with Gasteiger partial charge in [-0.1, -0.05) is 60.7 Å². The first-order chi connectivity index (χ1) is 16.9. The second kappa shape index (κ2) is 6.62. The van der Waals surface area contributed by atoms with Crippen LogP contribution >= 0.6 is 11.3 Å². The largest absolute Gasteiger partial charge is 0.293 e. The van der Waals surface area contributed by atoms with Crippen LogP contribution < -0.4 is 0 Å². The minimum absolute atomic E-state index is 0.901. The van der Waals surface area contributed by atoms with E-state index in [1.165, 1.54) is 47.2 Å². The van der Waals surface area contributed by atoms with E-state index in [9.17, 15) is 0 Å². The maximum atomic E-state index is 5.02. The highest BCUT2D eigenvalue weighted by molar-refractivity contribution is 7.26. The van der Waals surface area contributed by atoms with Gasteiger partial charge in [-0.3, -0.25) is 9.55 Å². The Kier molecular flexibility index (Phi) is 3.54. The summed E-state index contributed by atoms with van der Waals surface area (Å²) in [6.45, 7) is 0. The van der Waals surface area contributed by atoms with Gasteiger partial charge < -0.3 is 0 Å². The fourth-order valence-electron chi connectivity index (χ4n) is 5.36. The molecule has 0 bridgehead atoms. The third kappa shape index (κ3) is 2.35. The van der Waals surface area contributed by atoms with Crippen LogP contribution in [-0.2, 0) is 0 Å². The van der Waals surface area contributed by atoms with Crippen LogP contribution in [0.4, 0.5) is 0 Å². The molecule has 8 aromatic rings. The lowest BCUT2D eigenvalue weighted by Gasteiger charge is -2.10. The highest BCUT2D eigenvalue weighted by Gasteiger charge is 2.17. The molecule has 0 aliphatic carbocycles. The predicted octanol–water partition coefficient (Wildman–Crippen LogP) is 8.25. The average Bonchev–Trinajstić information content (AvgIpc) is 3.44. The fraction of sp³-hybridized carbons (Fsp3) is 0. The molecule has 3 nitrogen and oxygen atoms in total. The number of nitrogens with zero attached hydrogens (tertiary/aromatic N) is 3. The summed E-state index contributed by atoms with van der Waals surface area (Å²) in [6.07, 6.45) is 1.81. The second-order valence-corrected chi connectivity index (χ2v) is 9.71. The zero-order valence-corrected chi connectivity index (χ0v) is 18.9. The van der Waals surface area contributed by atoms with Gasteiger partial charge in [0.15, 0.2) is 0 Å². The zero-order valence-electron chi connectivity index (χ0n) is 18.1. The van der Waals surface area contributed by atoms with Gasteiger partial charge in [0, 0.05) is 47.9 Å². The Labute approximate surface area is 198 Å². The Balaban J connectivity index is 1.57. The van der Waals surface area contributed by atoms with Crippen molar-refractivity contribution in [2.45, 2.75) is 0 Å². The molecule has 0 N–H and O–H groups in total. The van der Waals surface area contributed by atoms with Crippen LogP contribution in [0.1, 0.15) is 0 Å². The lowest BCUT2D eigenvalue weighted by atomic mass is 10.0. The van der Waals surface area contributed by atoms with E-state index in [-0.39, 0.29) is 0 Å². The molecule has 0 radical (unpaired) electrons. The Hall–Kier alpha value is -4.28. The minimum Gasteiger partial charge on any atom is -0.293 e. The molecule has 4 aromatic carbocycles. The highest BCUT2D eigenvalue weighted by atomic mass is 32.1. The van der Waals surface area contributed by atoms with E-state index in [1.54, 1.807) is 0 Å². The lowest BCUT2D eigenvalue weighted by Crippen LogP contribution is -1.98. The number of aromatic nitrogens is 3. The van der Waals surface area contributed by atoms with Gasteiger partial charge >= 0.3 is 0 Å². The van der Waals surface area contributed by atoms with Crippen molar-refractivity contribution in [2.24, 2.45) is 0 Å². The van der Waals surface area contributed by atoms with Gasteiger partial charge in [-0.05, 0) is 36.4 Å². The van der Waals surface area contributed by atoms with Crippen LogP contribution in [0.5, 0.6) is 0 Å². The van der Waals surface area contributed by atoms with Crippen molar-refractivity contribution in [3.8, 4) is 5.82 Å². The molecule has 0 spiro atoms. The number of thiophene rings is 1. The van der Waals surface area contributed by atoms with Gasteiger partial charge in [-0.2, -0.15) is 0 Å². The summed E-state index contributed by atoms with van der Waals surface area (Å²) in [5.74, 6) is 0.913. The first-order valence-electron chi connectivity index (χ1n) is 11.4. The molecule has 34 heavy (non-hydrogen) atoms. The van der Waals surface area contributed by atoms with Crippen LogP contribution in [0.25, 0.3) is 69.6 Å². The third-order valence-electron chi connectivity index (χ3n) is 6.84. The van der Waals surface area contributed by atoms with Gasteiger partial charge in [0.25, 0.3) is 0 Å². The number of benzene rings is 4. The highest BCUT2D eigenvalue weighted by Crippen LogP contribution is 2.42. The van der Waals surface area contributed by atoms with Crippen LogP contribution in [0.15, 0.2) is 103 Å². The molecule has 0 atom stereocenters. The monoisotopic (exact) mass is 451 g/mol. The Morgan fingerprint density at radius 3 is 2.21 bits per heavy atom. The summed E-state index contributed by atoms with van der Waals surface area (Å²) in [6, 6.07) is 34.6. The molecule has 0 amide bonds. The lowest BCUT2D eigenvalue weighted by molar-refractivity contribution is 1.10. The standard InChI is InChI=1S/C30H17N3S/c1-3-9-26-18(6-1)20-11-14-23-21(12-13-22-19-7-2-4-10-27(19)34-30(22)23)29(20)33(26)28-16-15-24-25(32-28)8-5-17-31-24/h1-17H. The summed E-state index contributed by atoms with van der Waals surface area (Å²) in [5, 5.41) is 7.68. The third-order valence-corrected chi connectivity index (χ3v) is 8.06. The summed E-state index contributed by atoms with van der Waals surface area (Å²) in [4.78, 5) is 9.49. The van der Waals surface area contributed by atoms with E-state index in [0.717, 1.165) is 22.4 Å². The zero-order chi connectivity index (χ0) is 22.2. The Bertz CT molecular complexity index is 2080. The van der Waals surface area contributed by atoms with Crippen LogP contribution in [0.2, 0.25) is 0 Å². The molecule has 0 fully saturated rings. The summed E-state index contributed by atoms with van der Waals surface area (Å²) >= 11 is 1.88. The van der Waals surface area contributed by atoms with Crippen molar-refractivity contribution in [1.82, 2.24) is 14.5 Å². The molecular weight excluding hydrogens is 434 g/mol. The number of hydrogen-bond acceptors (Lipinski definition) is 3. The number of hydrogen-bond donors (Lipinski definition) is 0. The van der Waals surface area contributed by atoms with Crippen molar-refractivity contribution < 1.29 is 0 Å². The van der Waals surface area contributed by atoms with Gasteiger partial charge in [0.05, 0.1) is 22.1 Å². The van der Waals surface area contributed by atoms with Gasteiger partial charge in [-0.15, -0.1) is 11.3 Å². The molecule has 0 aliphatic rings. The van der Waals surface area contributed by atoms with E-state index in [2.05, 4.69) is 94.5 Å². The molecule has 4 heterocycles. The normalized spacial score (nSPS) is 12.1. The van der Waals surface area contributed by atoms with Crippen molar-refractivity contribution >= 4 is 75.1 Å². The molecule has 0 saturated carbocycles. The van der Waals surface area contributed by atoms with E-state index in [0.29, 0.717) is 0 Å². The van der Waals surface area contributed by atoms with Crippen LogP contribution in [0, 0.1) is 0 Å². The minimum atomic E-state index is 0.901. The summed E-state index contributed by atoms with van der Waals surface area (Å²) < 4.78 is 4.99. The van der Waals surface area contributed by atoms with Crippen molar-refractivity contribution in [3.05, 3.63) is 103 Å². The van der Waals surface area contributed by atoms with Gasteiger partial charge in [0.1, 0.15) is 5.82 Å². The molecule has 0 saturated heterocycles. The Morgan fingerprint density at radius 2 is 1.29 bits per heavy atom. The molecular formula is C30H17N3S. The van der Waals surface area contributed by atoms with Crippen LogP contribution in [-0.4, -0.2) is 14.5 Å². The smallest absolute Gasteiger partial charge is 0.138 e. The van der Waals surface area contributed by atoms with Gasteiger partial charge in [-0.25, -0.2) is 4.98 Å². The maximum absolute atomic E-state index is 5.02. The van der Waals surface area contributed by atoms with Crippen molar-refractivity contribution in [1.29, 1.82) is 0 Å². The summed E-state index contributed by atoms with van der Waals surface area (Å²) in [5.41, 5.74) is 4.17. The molecule has 0 aliphatic heterocycles. The first kappa shape index (κ1) is 18.2. The van der Waals surface area contributed by atoms with E-state index in [1.807, 2.05) is 29.7 Å². The van der Waals surface area contributed by atoms with E-state index < -0.39 is 0 Å². The van der Waals surface area contributed by atoms with Crippen molar-refractivity contribution in [2.75, 3.05) is 0 Å². The molecule has 4 aromatic heterocycles. The molecule has 4 heteroatoms. The molecule has 8 rings (SSSR count). The van der Waals surface area contributed by atoms with E-state index >= 15 is 0 Å². The maximum Gasteiger partial charge on any atom is 0.138 e. The predicted molar refractivity (Wildman–Crippen MR) is 144 cm³/mol. The van der Waals surface area contributed by atoms with E-state index in [4.69, 9.17) is 4.98 Å². The number of rotatable bonds is 1. The first-order valence-corrected chi connectivity index (χ1v) is 12.2. The SMILES string of the molecule is c1cnc2ccc(-n3c4ccccc4c4ccc5c(ccc6c7ccccc7sc65)c43)nc2c1.